The Kier molecular flexibility index (Phi) is 3.14. The molecule has 1 fully saturated rings. The molecule has 1 aliphatic rings. The molecule has 1 rings (SSSR count). The maximum Gasteiger partial charge on any atom is 0.186 e. The van der Waals surface area contributed by atoms with Crippen molar-refractivity contribution in [1.82, 2.24) is 0 Å². The van der Waals surface area contributed by atoms with E-state index in [4.69, 9.17) is 11.5 Å². The predicted octanol–water partition coefficient (Wildman–Crippen LogP) is 0.201. The van der Waals surface area contributed by atoms with Crippen LogP contribution in [0, 0.1) is 5.92 Å². The van der Waals surface area contributed by atoms with Gasteiger partial charge in [0.05, 0.1) is 12.1 Å². The van der Waals surface area contributed by atoms with Gasteiger partial charge in [-0.25, -0.2) is 0 Å². The third kappa shape index (κ3) is 3.22. The van der Waals surface area contributed by atoms with Gasteiger partial charge < -0.3 is 16.6 Å². The lowest BCUT2D eigenvalue weighted by Gasteiger charge is -2.34. The zero-order valence-corrected chi connectivity index (χ0v) is 8.16. The number of nitrogens with two attached hydrogens (primary N) is 2. The van der Waals surface area contributed by atoms with Gasteiger partial charge in [-0.15, -0.1) is 0 Å². The van der Waals surface area contributed by atoms with Gasteiger partial charge in [-0.05, 0) is 18.8 Å². The Balaban J connectivity index is 2.49. The maximum atomic E-state index is 10.1. The van der Waals surface area contributed by atoms with E-state index in [1.165, 1.54) is 6.42 Å². The SMILES string of the molecule is CC1CCCC(O)(CN=C(N)N)C1. The molecular weight excluding hydrogens is 166 g/mol. The van der Waals surface area contributed by atoms with Crippen LogP contribution in [0.1, 0.15) is 32.6 Å². The standard InChI is InChI=1S/C9H19N3O/c1-7-3-2-4-9(13,5-7)6-12-8(10)11/h7,13H,2-6H2,1H3,(H4,10,11,12). The Bertz CT molecular complexity index is 201. The first-order chi connectivity index (χ1) is 6.02. The Morgan fingerprint density at radius 2 is 2.31 bits per heavy atom. The molecule has 0 aliphatic heterocycles. The van der Waals surface area contributed by atoms with Crippen molar-refractivity contribution in [3.05, 3.63) is 0 Å². The van der Waals surface area contributed by atoms with Gasteiger partial charge in [-0.2, -0.15) is 0 Å². The van der Waals surface area contributed by atoms with Gasteiger partial charge >= 0.3 is 0 Å². The zero-order chi connectivity index (χ0) is 9.90. The molecule has 0 saturated heterocycles. The van der Waals surface area contributed by atoms with Gasteiger partial charge in [0.2, 0.25) is 0 Å². The Morgan fingerprint density at radius 3 is 2.85 bits per heavy atom. The second kappa shape index (κ2) is 3.96. The number of nitrogens with zero attached hydrogens (tertiary/aromatic N) is 1. The minimum atomic E-state index is -0.665. The van der Waals surface area contributed by atoms with E-state index in [1.807, 2.05) is 0 Å². The lowest BCUT2D eigenvalue weighted by Crippen LogP contribution is -2.39. The fourth-order valence-corrected chi connectivity index (χ4v) is 2.01. The van der Waals surface area contributed by atoms with Crippen molar-refractivity contribution in [2.45, 2.75) is 38.2 Å². The number of aliphatic hydroxyl groups is 1. The van der Waals surface area contributed by atoms with Crippen LogP contribution in [0.2, 0.25) is 0 Å². The lowest BCUT2D eigenvalue weighted by atomic mass is 9.79. The summed E-state index contributed by atoms with van der Waals surface area (Å²) in [5.41, 5.74) is 9.77. The molecule has 1 saturated carbocycles. The van der Waals surface area contributed by atoms with Crippen molar-refractivity contribution in [2.24, 2.45) is 22.4 Å². The highest BCUT2D eigenvalue weighted by Crippen LogP contribution is 2.32. The van der Waals surface area contributed by atoms with Crippen molar-refractivity contribution in [3.63, 3.8) is 0 Å². The van der Waals surface area contributed by atoms with E-state index in [0.717, 1.165) is 19.3 Å². The van der Waals surface area contributed by atoms with Gasteiger partial charge in [0.15, 0.2) is 5.96 Å². The summed E-state index contributed by atoms with van der Waals surface area (Å²) in [6.07, 6.45) is 3.89. The lowest BCUT2D eigenvalue weighted by molar-refractivity contribution is -0.00402. The molecule has 4 heteroatoms. The first kappa shape index (κ1) is 10.3. The van der Waals surface area contributed by atoms with Crippen LogP contribution in [-0.4, -0.2) is 23.2 Å². The summed E-state index contributed by atoms with van der Waals surface area (Å²) in [7, 11) is 0. The molecule has 2 atom stereocenters. The van der Waals surface area contributed by atoms with Gasteiger partial charge in [0.1, 0.15) is 0 Å². The van der Waals surface area contributed by atoms with Crippen molar-refractivity contribution in [2.75, 3.05) is 6.54 Å². The molecule has 76 valence electrons. The summed E-state index contributed by atoms with van der Waals surface area (Å²) in [5.74, 6) is 0.639. The zero-order valence-electron chi connectivity index (χ0n) is 8.16. The normalized spacial score (nSPS) is 34.2. The van der Waals surface area contributed by atoms with E-state index < -0.39 is 5.60 Å². The van der Waals surface area contributed by atoms with E-state index in [-0.39, 0.29) is 5.96 Å². The molecule has 0 aromatic heterocycles. The van der Waals surface area contributed by atoms with E-state index in [0.29, 0.717) is 12.5 Å². The molecule has 13 heavy (non-hydrogen) atoms. The van der Waals surface area contributed by atoms with E-state index in [9.17, 15) is 5.11 Å². The number of rotatable bonds is 2. The van der Waals surface area contributed by atoms with Crippen molar-refractivity contribution in [1.29, 1.82) is 0 Å². The molecule has 5 N–H and O–H groups in total. The molecule has 2 unspecified atom stereocenters. The highest BCUT2D eigenvalue weighted by Gasteiger charge is 2.32. The molecule has 0 aromatic carbocycles. The van der Waals surface area contributed by atoms with Crippen molar-refractivity contribution < 1.29 is 5.11 Å². The summed E-state index contributed by atoms with van der Waals surface area (Å²) in [6.45, 7) is 2.50. The fraction of sp³-hybridized carbons (Fsp3) is 0.889. The first-order valence-electron chi connectivity index (χ1n) is 4.80. The summed E-state index contributed by atoms with van der Waals surface area (Å²) in [4.78, 5) is 3.88. The van der Waals surface area contributed by atoms with Crippen molar-refractivity contribution >= 4 is 5.96 Å². The highest BCUT2D eigenvalue weighted by molar-refractivity contribution is 5.75. The second-order valence-electron chi connectivity index (χ2n) is 4.17. The molecule has 4 nitrogen and oxygen atoms in total. The first-order valence-corrected chi connectivity index (χ1v) is 4.80. The second-order valence-corrected chi connectivity index (χ2v) is 4.17. The van der Waals surface area contributed by atoms with E-state index in [2.05, 4.69) is 11.9 Å². The quantitative estimate of drug-likeness (QED) is 0.424. The van der Waals surface area contributed by atoms with Crippen LogP contribution >= 0.6 is 0 Å². The van der Waals surface area contributed by atoms with Crippen LogP contribution in [0.3, 0.4) is 0 Å². The van der Waals surface area contributed by atoms with E-state index in [1.54, 1.807) is 0 Å². The summed E-state index contributed by atoms with van der Waals surface area (Å²) < 4.78 is 0. The van der Waals surface area contributed by atoms with Crippen LogP contribution in [0.15, 0.2) is 4.99 Å². The van der Waals surface area contributed by atoms with Crippen LogP contribution in [-0.2, 0) is 0 Å². The number of hydrogen-bond acceptors (Lipinski definition) is 2. The molecule has 1 aliphatic carbocycles. The van der Waals surface area contributed by atoms with Crippen LogP contribution < -0.4 is 11.5 Å². The third-order valence-corrected chi connectivity index (χ3v) is 2.62. The Morgan fingerprint density at radius 1 is 1.62 bits per heavy atom. The average molecular weight is 185 g/mol. The van der Waals surface area contributed by atoms with E-state index >= 15 is 0 Å². The third-order valence-electron chi connectivity index (χ3n) is 2.62. The van der Waals surface area contributed by atoms with Crippen LogP contribution in [0.5, 0.6) is 0 Å². The maximum absolute atomic E-state index is 10.1. The molecule has 0 bridgehead atoms. The van der Waals surface area contributed by atoms with Crippen molar-refractivity contribution in [3.8, 4) is 0 Å². The minimum absolute atomic E-state index is 0.0617. The average Bonchev–Trinajstić information content (AvgIpc) is 2.01. The summed E-state index contributed by atoms with van der Waals surface area (Å²) >= 11 is 0. The molecule has 0 aromatic rings. The number of hydrogen-bond donors (Lipinski definition) is 3. The highest BCUT2D eigenvalue weighted by atomic mass is 16.3. The smallest absolute Gasteiger partial charge is 0.186 e. The molecule has 0 radical (unpaired) electrons. The Labute approximate surface area is 79.0 Å². The topological polar surface area (TPSA) is 84.6 Å². The summed E-state index contributed by atoms with van der Waals surface area (Å²) in [6, 6.07) is 0. The van der Waals surface area contributed by atoms with Crippen LogP contribution in [0.25, 0.3) is 0 Å². The van der Waals surface area contributed by atoms with Gasteiger partial charge in [-0.1, -0.05) is 19.8 Å². The number of guanidine groups is 1. The molecular formula is C9H19N3O. The van der Waals surface area contributed by atoms with Gasteiger partial charge in [0, 0.05) is 0 Å². The minimum Gasteiger partial charge on any atom is -0.388 e. The van der Waals surface area contributed by atoms with Crippen LogP contribution in [0.4, 0.5) is 0 Å². The van der Waals surface area contributed by atoms with Gasteiger partial charge in [0.25, 0.3) is 0 Å². The Hall–Kier alpha value is -0.770. The largest absolute Gasteiger partial charge is 0.388 e. The van der Waals surface area contributed by atoms with Gasteiger partial charge in [-0.3, -0.25) is 4.99 Å². The number of aliphatic imine (C=N–C) groups is 1. The predicted molar refractivity (Wildman–Crippen MR) is 53.3 cm³/mol. The molecule has 0 heterocycles. The fourth-order valence-electron chi connectivity index (χ4n) is 2.01. The molecule has 0 amide bonds. The molecule has 0 spiro atoms. The monoisotopic (exact) mass is 185 g/mol. The summed E-state index contributed by atoms with van der Waals surface area (Å²) in [5, 5.41) is 10.1.